The lowest BCUT2D eigenvalue weighted by molar-refractivity contribution is 0.0696. The minimum absolute atomic E-state index is 0.0917. The number of carboxylic acids is 1. The molecule has 0 aliphatic carbocycles. The molecule has 2 rings (SSSR count). The maximum Gasteiger partial charge on any atom is 0.335 e. The number of carboxylic acid groups (broad SMARTS) is 1. The molecule has 1 amide bonds. The molecule has 0 spiro atoms. The summed E-state index contributed by atoms with van der Waals surface area (Å²) in [5.41, 5.74) is 0.585. The van der Waals surface area contributed by atoms with Crippen LogP contribution in [0.15, 0.2) is 42.6 Å². The summed E-state index contributed by atoms with van der Waals surface area (Å²) in [5.74, 6) is -1.61. The number of aromatic nitrogens is 1. The van der Waals surface area contributed by atoms with Gasteiger partial charge in [-0.15, -0.1) is 0 Å². The number of carbonyl (C=O) groups excluding carboxylic acids is 1. The van der Waals surface area contributed by atoms with Gasteiger partial charge in [0.05, 0.1) is 12.1 Å². The summed E-state index contributed by atoms with van der Waals surface area (Å²) in [4.78, 5) is 22.7. The minimum Gasteiger partial charge on any atom is -0.478 e. The summed E-state index contributed by atoms with van der Waals surface area (Å²) in [6.07, 6.45) is -1.16. The summed E-state index contributed by atoms with van der Waals surface area (Å²) >= 11 is 0. The lowest BCUT2D eigenvalue weighted by atomic mass is 10.2. The quantitative estimate of drug-likeness (QED) is 0.890. The van der Waals surface area contributed by atoms with Crippen LogP contribution in [0.3, 0.4) is 0 Å². The van der Waals surface area contributed by atoms with Crippen LogP contribution < -0.4 is 5.32 Å². The molecule has 0 radical (unpaired) electrons. The van der Waals surface area contributed by atoms with E-state index in [0.29, 0.717) is 5.69 Å². The first-order chi connectivity index (χ1) is 9.97. The second-order valence-electron chi connectivity index (χ2n) is 4.27. The van der Waals surface area contributed by atoms with Crippen molar-refractivity contribution in [1.29, 1.82) is 0 Å². The standard InChI is InChI=1S/C14H12F2N2O3/c15-12(16)8-18-7-1-2-11(18)13(19)17-10-5-3-9(4-6-10)14(20)21/h1-7,12H,8H2,(H,17,19)(H,20,21). The third-order valence-corrected chi connectivity index (χ3v) is 2.79. The Morgan fingerprint density at radius 1 is 1.19 bits per heavy atom. The Kier molecular flexibility index (Phi) is 4.32. The second-order valence-corrected chi connectivity index (χ2v) is 4.27. The molecule has 7 heteroatoms. The van der Waals surface area contributed by atoms with E-state index in [-0.39, 0.29) is 11.3 Å². The summed E-state index contributed by atoms with van der Waals surface area (Å²) < 4.78 is 25.9. The Bertz CT molecular complexity index is 650. The zero-order chi connectivity index (χ0) is 15.4. The number of hydrogen-bond donors (Lipinski definition) is 2. The molecule has 0 saturated carbocycles. The van der Waals surface area contributed by atoms with Crippen molar-refractivity contribution in [3.05, 3.63) is 53.9 Å². The fraction of sp³-hybridized carbons (Fsp3) is 0.143. The largest absolute Gasteiger partial charge is 0.478 e. The highest BCUT2D eigenvalue weighted by Crippen LogP contribution is 2.13. The molecule has 0 atom stereocenters. The molecule has 0 fully saturated rings. The SMILES string of the molecule is O=C(O)c1ccc(NC(=O)c2cccn2CC(F)F)cc1. The predicted molar refractivity (Wildman–Crippen MR) is 71.8 cm³/mol. The molecule has 1 heterocycles. The molecular weight excluding hydrogens is 282 g/mol. The van der Waals surface area contributed by atoms with E-state index in [1.165, 1.54) is 42.6 Å². The van der Waals surface area contributed by atoms with Crippen LogP contribution in [0.5, 0.6) is 0 Å². The van der Waals surface area contributed by atoms with Gasteiger partial charge in [0.1, 0.15) is 5.69 Å². The van der Waals surface area contributed by atoms with E-state index in [1.54, 1.807) is 0 Å². The highest BCUT2D eigenvalue weighted by molar-refractivity contribution is 6.03. The monoisotopic (exact) mass is 294 g/mol. The van der Waals surface area contributed by atoms with Crippen LogP contribution in [0.4, 0.5) is 14.5 Å². The molecule has 110 valence electrons. The van der Waals surface area contributed by atoms with Crippen LogP contribution in [0.25, 0.3) is 0 Å². The third kappa shape index (κ3) is 3.65. The van der Waals surface area contributed by atoms with Crippen molar-refractivity contribution in [2.45, 2.75) is 13.0 Å². The number of carbonyl (C=O) groups is 2. The van der Waals surface area contributed by atoms with E-state index in [0.717, 1.165) is 4.57 Å². The van der Waals surface area contributed by atoms with Gasteiger partial charge in [-0.05, 0) is 36.4 Å². The molecule has 21 heavy (non-hydrogen) atoms. The van der Waals surface area contributed by atoms with Gasteiger partial charge in [0.2, 0.25) is 0 Å². The molecule has 2 N–H and O–H groups in total. The summed E-state index contributed by atoms with van der Waals surface area (Å²) in [5, 5.41) is 11.3. The maximum absolute atomic E-state index is 12.4. The molecular formula is C14H12F2N2O3. The fourth-order valence-corrected chi connectivity index (χ4v) is 1.82. The van der Waals surface area contributed by atoms with E-state index < -0.39 is 24.8 Å². The van der Waals surface area contributed by atoms with E-state index in [1.807, 2.05) is 0 Å². The van der Waals surface area contributed by atoms with Crippen LogP contribution >= 0.6 is 0 Å². The Morgan fingerprint density at radius 3 is 2.43 bits per heavy atom. The van der Waals surface area contributed by atoms with Crippen LogP contribution in [-0.2, 0) is 6.54 Å². The smallest absolute Gasteiger partial charge is 0.335 e. The lowest BCUT2D eigenvalue weighted by Gasteiger charge is -2.09. The normalized spacial score (nSPS) is 10.6. The van der Waals surface area contributed by atoms with Crippen molar-refractivity contribution in [3.8, 4) is 0 Å². The van der Waals surface area contributed by atoms with Crippen molar-refractivity contribution in [2.75, 3.05) is 5.32 Å². The van der Waals surface area contributed by atoms with Gasteiger partial charge in [0.15, 0.2) is 0 Å². The average Bonchev–Trinajstić information content (AvgIpc) is 2.86. The van der Waals surface area contributed by atoms with Gasteiger partial charge < -0.3 is 15.0 Å². The van der Waals surface area contributed by atoms with Crippen LogP contribution in [0, 0.1) is 0 Å². The number of amides is 1. The van der Waals surface area contributed by atoms with E-state index >= 15 is 0 Å². The zero-order valence-electron chi connectivity index (χ0n) is 10.8. The van der Waals surface area contributed by atoms with E-state index in [4.69, 9.17) is 5.11 Å². The first kappa shape index (κ1) is 14.7. The van der Waals surface area contributed by atoms with Crippen molar-refractivity contribution >= 4 is 17.6 Å². The topological polar surface area (TPSA) is 71.3 Å². The summed E-state index contributed by atoms with van der Waals surface area (Å²) in [7, 11) is 0. The highest BCUT2D eigenvalue weighted by atomic mass is 19.3. The number of aromatic carboxylic acids is 1. The number of hydrogen-bond acceptors (Lipinski definition) is 2. The molecule has 0 bridgehead atoms. The number of nitrogens with one attached hydrogen (secondary N) is 1. The zero-order valence-corrected chi connectivity index (χ0v) is 10.8. The molecule has 1 aromatic heterocycles. The second kappa shape index (κ2) is 6.17. The van der Waals surface area contributed by atoms with Crippen molar-refractivity contribution in [2.24, 2.45) is 0 Å². The first-order valence-corrected chi connectivity index (χ1v) is 6.05. The van der Waals surface area contributed by atoms with Crippen LogP contribution in [-0.4, -0.2) is 28.0 Å². The Morgan fingerprint density at radius 2 is 1.86 bits per heavy atom. The molecule has 2 aromatic rings. The average molecular weight is 294 g/mol. The summed E-state index contributed by atoms with van der Waals surface area (Å²) in [6, 6.07) is 8.49. The Labute approximate surface area is 118 Å². The minimum atomic E-state index is -2.56. The first-order valence-electron chi connectivity index (χ1n) is 6.05. The highest BCUT2D eigenvalue weighted by Gasteiger charge is 2.14. The number of halogens is 2. The molecule has 0 aliphatic rings. The Balaban J connectivity index is 2.11. The van der Waals surface area contributed by atoms with Gasteiger partial charge in [0, 0.05) is 11.9 Å². The molecule has 0 saturated heterocycles. The Hall–Kier alpha value is -2.70. The van der Waals surface area contributed by atoms with E-state index in [9.17, 15) is 18.4 Å². The number of benzene rings is 1. The van der Waals surface area contributed by atoms with Gasteiger partial charge in [-0.2, -0.15) is 0 Å². The van der Waals surface area contributed by atoms with Crippen LogP contribution in [0.1, 0.15) is 20.8 Å². The van der Waals surface area contributed by atoms with Gasteiger partial charge >= 0.3 is 5.97 Å². The predicted octanol–water partition coefficient (Wildman–Crippen LogP) is 2.70. The fourth-order valence-electron chi connectivity index (χ4n) is 1.82. The van der Waals surface area contributed by atoms with Gasteiger partial charge in [-0.25, -0.2) is 13.6 Å². The molecule has 1 aromatic carbocycles. The van der Waals surface area contributed by atoms with Crippen molar-refractivity contribution in [1.82, 2.24) is 4.57 Å². The number of nitrogens with zero attached hydrogens (tertiary/aromatic N) is 1. The van der Waals surface area contributed by atoms with Crippen molar-refractivity contribution < 1.29 is 23.5 Å². The van der Waals surface area contributed by atoms with Crippen molar-refractivity contribution in [3.63, 3.8) is 0 Å². The molecule has 0 unspecified atom stereocenters. The lowest BCUT2D eigenvalue weighted by Crippen LogP contribution is -2.18. The number of alkyl halides is 2. The van der Waals surface area contributed by atoms with Gasteiger partial charge in [0.25, 0.3) is 12.3 Å². The maximum atomic E-state index is 12.4. The van der Waals surface area contributed by atoms with Gasteiger partial charge in [-0.3, -0.25) is 4.79 Å². The van der Waals surface area contributed by atoms with Crippen LogP contribution in [0.2, 0.25) is 0 Å². The summed E-state index contributed by atoms with van der Waals surface area (Å²) in [6.45, 7) is -0.562. The molecule has 5 nitrogen and oxygen atoms in total. The van der Waals surface area contributed by atoms with Gasteiger partial charge in [-0.1, -0.05) is 0 Å². The van der Waals surface area contributed by atoms with E-state index in [2.05, 4.69) is 5.32 Å². The number of rotatable bonds is 5. The molecule has 0 aliphatic heterocycles. The number of anilines is 1. The third-order valence-electron chi connectivity index (χ3n) is 2.79.